The van der Waals surface area contributed by atoms with Gasteiger partial charge in [0.05, 0.1) is 13.0 Å². The summed E-state index contributed by atoms with van der Waals surface area (Å²) < 4.78 is 5.75. The predicted molar refractivity (Wildman–Crippen MR) is 91.0 cm³/mol. The van der Waals surface area contributed by atoms with Gasteiger partial charge in [-0.1, -0.05) is 13.8 Å². The van der Waals surface area contributed by atoms with E-state index in [2.05, 4.69) is 24.1 Å². The van der Waals surface area contributed by atoms with Crippen molar-refractivity contribution < 1.29 is 25.4 Å². The monoisotopic (exact) mass is 356 g/mol. The van der Waals surface area contributed by atoms with Crippen LogP contribution < -0.4 is 5.32 Å². The number of hydrogen-bond donors (Lipinski definition) is 1. The quantitative estimate of drug-likeness (QED) is 0.713. The van der Waals surface area contributed by atoms with E-state index in [0.717, 1.165) is 12.8 Å². The first kappa shape index (κ1) is 19.4. The van der Waals surface area contributed by atoms with Gasteiger partial charge in [0.15, 0.2) is 0 Å². The van der Waals surface area contributed by atoms with Crippen LogP contribution in [0.25, 0.3) is 0 Å². The van der Waals surface area contributed by atoms with Crippen molar-refractivity contribution in [2.24, 2.45) is 0 Å². The molecule has 2 atom stereocenters. The second kappa shape index (κ2) is 9.50. The van der Waals surface area contributed by atoms with Gasteiger partial charge in [-0.2, -0.15) is 0 Å². The highest BCUT2D eigenvalue weighted by molar-refractivity contribution is 6.01. The van der Waals surface area contributed by atoms with Gasteiger partial charge in [0.25, 0.3) is 11.8 Å². The number of nitrogens with zero attached hydrogens (tertiary/aromatic N) is 2. The highest BCUT2D eigenvalue weighted by Gasteiger charge is 2.32. The maximum atomic E-state index is 12.0. The van der Waals surface area contributed by atoms with Gasteiger partial charge in [-0.05, 0) is 26.7 Å². The minimum absolute atomic E-state index is 0.0645. The number of likely N-dealkylation sites (tertiary alicyclic amines) is 1. The van der Waals surface area contributed by atoms with Crippen LogP contribution in [0.15, 0.2) is 0 Å². The van der Waals surface area contributed by atoms with Crippen molar-refractivity contribution in [2.75, 3.05) is 13.1 Å². The van der Waals surface area contributed by atoms with Crippen molar-refractivity contribution >= 4 is 23.7 Å². The lowest BCUT2D eigenvalue weighted by molar-refractivity contribution is -0.197. The molecule has 8 nitrogen and oxygen atoms in total. The summed E-state index contributed by atoms with van der Waals surface area (Å²) in [5, 5.41) is 3.19. The van der Waals surface area contributed by atoms with Gasteiger partial charge in [-0.25, -0.2) is 4.79 Å². The SMILES string of the molecule is CC1CCCC(C)N1CC(=O)NCCC(=O)ON1C(=O)CCC1=O.[2H]C. The van der Waals surface area contributed by atoms with Crippen molar-refractivity contribution in [3.63, 3.8) is 0 Å². The molecule has 0 aromatic heterocycles. The van der Waals surface area contributed by atoms with E-state index in [4.69, 9.17) is 6.21 Å². The molecule has 0 saturated carbocycles. The number of carbonyl (C=O) groups is 4. The van der Waals surface area contributed by atoms with E-state index in [0.29, 0.717) is 23.7 Å². The summed E-state index contributed by atoms with van der Waals surface area (Å²) in [7, 11) is 1.25. The third-order valence-corrected chi connectivity index (χ3v) is 4.55. The lowest BCUT2D eigenvalue weighted by Gasteiger charge is -2.38. The molecule has 2 aliphatic rings. The summed E-state index contributed by atoms with van der Waals surface area (Å²) in [5.41, 5.74) is 0. The van der Waals surface area contributed by atoms with Crippen LogP contribution in [-0.4, -0.2) is 58.8 Å². The number of amides is 3. The molecule has 0 bridgehead atoms. The summed E-state index contributed by atoms with van der Waals surface area (Å²) in [5.74, 6) is -1.87. The number of nitrogens with one attached hydrogen (secondary N) is 1. The Morgan fingerprint density at radius 3 is 2.32 bits per heavy atom. The maximum Gasteiger partial charge on any atom is 0.334 e. The summed E-state index contributed by atoms with van der Waals surface area (Å²) in [6.07, 6.45) is 3.39. The molecule has 0 aromatic carbocycles. The van der Waals surface area contributed by atoms with Crippen LogP contribution in [0, 0.1) is 0 Å². The Bertz CT molecular complexity index is 503. The molecule has 2 heterocycles. The van der Waals surface area contributed by atoms with Crippen LogP contribution in [0.3, 0.4) is 0 Å². The minimum atomic E-state index is -0.710. The second-order valence-electron chi connectivity index (χ2n) is 6.45. The zero-order valence-corrected chi connectivity index (χ0v) is 15.2. The number of carbonyl (C=O) groups excluding carboxylic acids is 4. The smallest absolute Gasteiger partial charge is 0.334 e. The van der Waals surface area contributed by atoms with Crippen molar-refractivity contribution in [1.29, 1.82) is 0 Å². The van der Waals surface area contributed by atoms with E-state index in [1.165, 1.54) is 13.8 Å². The first-order valence-electron chi connectivity index (χ1n) is 9.47. The molecule has 1 N–H and O–H groups in total. The Balaban J connectivity index is 0.00000163. The van der Waals surface area contributed by atoms with Crippen LogP contribution in [0.1, 0.15) is 61.1 Å². The van der Waals surface area contributed by atoms with Crippen molar-refractivity contribution in [3.05, 3.63) is 0 Å². The zero-order valence-electron chi connectivity index (χ0n) is 16.2. The third kappa shape index (κ3) is 5.81. The van der Waals surface area contributed by atoms with E-state index < -0.39 is 17.8 Å². The Labute approximate surface area is 150 Å². The van der Waals surface area contributed by atoms with Gasteiger partial charge < -0.3 is 10.2 Å². The summed E-state index contributed by atoms with van der Waals surface area (Å²) >= 11 is 0. The highest BCUT2D eigenvalue weighted by atomic mass is 16.7. The van der Waals surface area contributed by atoms with E-state index >= 15 is 0 Å². The number of hydroxylamine groups is 2. The molecule has 0 aromatic rings. The molecule has 8 heteroatoms. The Hall–Kier alpha value is -1.96. The zero-order chi connectivity index (χ0) is 19.7. The van der Waals surface area contributed by atoms with Gasteiger partial charge in [0.2, 0.25) is 5.91 Å². The number of imide groups is 1. The summed E-state index contributed by atoms with van der Waals surface area (Å²) in [4.78, 5) is 53.2. The van der Waals surface area contributed by atoms with Gasteiger partial charge >= 0.3 is 5.97 Å². The number of rotatable bonds is 6. The van der Waals surface area contributed by atoms with Gasteiger partial charge in [0, 0.05) is 32.8 Å². The van der Waals surface area contributed by atoms with Crippen molar-refractivity contribution in [2.45, 2.75) is 71.9 Å². The molecular weight excluding hydrogens is 326 g/mol. The number of piperidine rings is 1. The molecule has 2 rings (SSSR count). The van der Waals surface area contributed by atoms with Crippen LogP contribution in [0.4, 0.5) is 0 Å². The molecule has 2 fully saturated rings. The van der Waals surface area contributed by atoms with E-state index in [9.17, 15) is 19.2 Å². The normalized spacial score (nSPS) is 24.3. The average Bonchev–Trinajstić information content (AvgIpc) is 2.92. The summed E-state index contributed by atoms with van der Waals surface area (Å²) in [6, 6.07) is 0.744. The number of hydrogen-bond acceptors (Lipinski definition) is 6. The topological polar surface area (TPSA) is 96.0 Å². The van der Waals surface area contributed by atoms with Crippen LogP contribution in [0.5, 0.6) is 0 Å². The Morgan fingerprint density at radius 1 is 1.20 bits per heavy atom. The third-order valence-electron chi connectivity index (χ3n) is 4.55. The predicted octanol–water partition coefficient (Wildman–Crippen LogP) is 0.999. The second-order valence-corrected chi connectivity index (χ2v) is 6.45. The molecule has 2 unspecified atom stereocenters. The molecule has 25 heavy (non-hydrogen) atoms. The maximum absolute atomic E-state index is 12.0. The largest absolute Gasteiger partial charge is 0.354 e. The molecule has 3 amide bonds. The lowest BCUT2D eigenvalue weighted by atomic mass is 9.97. The van der Waals surface area contributed by atoms with Gasteiger partial charge in [-0.3, -0.25) is 19.3 Å². The van der Waals surface area contributed by atoms with Crippen LogP contribution in [-0.2, 0) is 24.0 Å². The lowest BCUT2D eigenvalue weighted by Crippen LogP contribution is -2.48. The summed E-state index contributed by atoms with van der Waals surface area (Å²) in [6.45, 7) is 4.65. The van der Waals surface area contributed by atoms with E-state index in [1.54, 1.807) is 0 Å². The van der Waals surface area contributed by atoms with E-state index in [-0.39, 0.29) is 31.7 Å². The Kier molecular flexibility index (Phi) is 7.36. The van der Waals surface area contributed by atoms with E-state index in [1.807, 2.05) is 0 Å². The standard InChI is InChI=1S/C16H25N3O5.CH4/c1-11-4-3-5-12(2)18(11)10-13(20)17-9-8-16(23)24-19-14(21)6-7-15(19)22;/h11-12H,3-10H2,1-2H3,(H,17,20);1H4/i;1D. The van der Waals surface area contributed by atoms with Gasteiger partial charge in [-0.15, -0.1) is 5.06 Å². The fourth-order valence-electron chi connectivity index (χ4n) is 3.12. The molecule has 0 aliphatic carbocycles. The minimum Gasteiger partial charge on any atom is -0.354 e. The average molecular weight is 356 g/mol. The first-order chi connectivity index (χ1) is 12.4. The van der Waals surface area contributed by atoms with Crippen molar-refractivity contribution in [3.8, 4) is 0 Å². The first-order valence-corrected chi connectivity index (χ1v) is 8.47. The molecule has 2 saturated heterocycles. The molecule has 2 aliphatic heterocycles. The van der Waals surface area contributed by atoms with Crippen molar-refractivity contribution in [1.82, 2.24) is 15.3 Å². The Morgan fingerprint density at radius 2 is 1.76 bits per heavy atom. The molecule has 0 spiro atoms. The van der Waals surface area contributed by atoms with Crippen LogP contribution in [0.2, 0.25) is 0 Å². The fourth-order valence-corrected chi connectivity index (χ4v) is 3.12. The van der Waals surface area contributed by atoms with Crippen LogP contribution >= 0.6 is 0 Å². The highest BCUT2D eigenvalue weighted by Crippen LogP contribution is 2.21. The molecule has 142 valence electrons. The molecular formula is C17H29N3O5. The van der Waals surface area contributed by atoms with Gasteiger partial charge in [0.1, 0.15) is 0 Å². The molecule has 0 radical (unpaired) electrons. The fraction of sp³-hybridized carbons (Fsp3) is 0.765.